The number of esters is 1. The molecule has 0 amide bonds. The topological polar surface area (TPSA) is 83.1 Å². The van der Waals surface area contributed by atoms with E-state index in [4.69, 9.17) is 18.6 Å². The van der Waals surface area contributed by atoms with Crippen LogP contribution in [0.25, 0.3) is 0 Å². The molecule has 0 aromatic heterocycles. The minimum atomic E-state index is -3.63. The number of nitrogens with one attached hydrogen (secondary N) is 1. The Bertz CT molecular complexity index is 1380. The van der Waals surface area contributed by atoms with Gasteiger partial charge in [-0.05, 0) is 62.3 Å². The van der Waals surface area contributed by atoms with Gasteiger partial charge in [-0.1, -0.05) is 69.8 Å². The third kappa shape index (κ3) is 7.00. The summed E-state index contributed by atoms with van der Waals surface area (Å²) in [7, 11) is -4.52. The van der Waals surface area contributed by atoms with E-state index in [1.54, 1.807) is 63.4 Å². The molecule has 0 aliphatic carbocycles. The van der Waals surface area contributed by atoms with Crippen molar-refractivity contribution in [2.45, 2.75) is 58.3 Å². The van der Waals surface area contributed by atoms with Gasteiger partial charge in [0.1, 0.15) is 17.9 Å². The second-order valence-corrected chi connectivity index (χ2v) is 18.9. The first-order valence-corrected chi connectivity index (χ1v) is 18.7. The molecule has 0 saturated heterocycles. The van der Waals surface area contributed by atoms with Crippen LogP contribution in [0.15, 0.2) is 85.5 Å². The molecule has 0 aliphatic heterocycles. The number of carbonyl (C=O) groups excluding carboxylic acids is 1. The van der Waals surface area contributed by atoms with Gasteiger partial charge >= 0.3 is 5.97 Å². The van der Waals surface area contributed by atoms with Gasteiger partial charge in [0.25, 0.3) is 0 Å². The van der Waals surface area contributed by atoms with E-state index in [1.165, 1.54) is 0 Å². The van der Waals surface area contributed by atoms with Crippen LogP contribution in [0.5, 0.6) is 17.2 Å². The van der Waals surface area contributed by atoms with E-state index in [0.717, 1.165) is 0 Å². The Balaban J connectivity index is 2.38. The Labute approximate surface area is 251 Å². The van der Waals surface area contributed by atoms with Crippen molar-refractivity contribution in [2.75, 3.05) is 20.3 Å². The molecule has 1 atom stereocenters. The maximum Gasteiger partial charge on any atom is 0.331 e. The SMILES string of the molecule is C=CCOc1cc(C(C)(NP(=O)(c2ccccc2)c2ccccc2)C(=O)OCC)c(O[Si](C)(C)C(C)(C)C)cc1OC. The van der Waals surface area contributed by atoms with E-state index in [9.17, 15) is 4.79 Å². The lowest BCUT2D eigenvalue weighted by Crippen LogP contribution is -2.50. The van der Waals surface area contributed by atoms with Crippen LogP contribution in [0.4, 0.5) is 0 Å². The summed E-state index contributed by atoms with van der Waals surface area (Å²) in [5.74, 6) is 0.661. The van der Waals surface area contributed by atoms with Crippen molar-refractivity contribution in [3.05, 3.63) is 91.0 Å². The summed E-state index contributed by atoms with van der Waals surface area (Å²) in [6.45, 7) is 18.2. The summed E-state index contributed by atoms with van der Waals surface area (Å²) in [4.78, 5) is 14.1. The molecule has 0 bridgehead atoms. The first kappa shape index (κ1) is 33.2. The van der Waals surface area contributed by atoms with E-state index < -0.39 is 27.1 Å². The van der Waals surface area contributed by atoms with Gasteiger partial charge in [0.05, 0.1) is 13.7 Å². The highest BCUT2D eigenvalue weighted by atomic mass is 31.2. The maximum atomic E-state index is 15.2. The van der Waals surface area contributed by atoms with Crippen LogP contribution in [-0.2, 0) is 19.6 Å². The summed E-state index contributed by atoms with van der Waals surface area (Å²) in [6, 6.07) is 21.7. The minimum Gasteiger partial charge on any atom is -0.543 e. The minimum absolute atomic E-state index is 0.130. The van der Waals surface area contributed by atoms with Crippen LogP contribution in [0.1, 0.15) is 40.2 Å². The van der Waals surface area contributed by atoms with E-state index in [0.29, 0.717) is 33.4 Å². The fourth-order valence-corrected chi connectivity index (χ4v) is 7.83. The molecule has 3 aromatic rings. The zero-order chi connectivity index (χ0) is 31.2. The van der Waals surface area contributed by atoms with Gasteiger partial charge in [-0.2, -0.15) is 0 Å². The van der Waals surface area contributed by atoms with Gasteiger partial charge in [-0.25, -0.2) is 9.88 Å². The van der Waals surface area contributed by atoms with Crippen LogP contribution >= 0.6 is 7.29 Å². The molecule has 3 rings (SSSR count). The van der Waals surface area contributed by atoms with Crippen LogP contribution in [-0.4, -0.2) is 34.6 Å². The van der Waals surface area contributed by atoms with Crippen molar-refractivity contribution in [1.29, 1.82) is 0 Å². The van der Waals surface area contributed by atoms with Crippen molar-refractivity contribution in [3.8, 4) is 17.2 Å². The average Bonchev–Trinajstić information content (AvgIpc) is 2.96. The summed E-state index contributed by atoms with van der Waals surface area (Å²) in [5, 5.41) is 4.28. The second kappa shape index (κ2) is 13.3. The Morgan fingerprint density at radius 1 is 0.929 bits per heavy atom. The lowest BCUT2D eigenvalue weighted by Gasteiger charge is -2.40. The monoisotopic (exact) mass is 609 g/mol. The highest BCUT2D eigenvalue weighted by Crippen LogP contribution is 2.49. The Kier molecular flexibility index (Phi) is 10.5. The van der Waals surface area contributed by atoms with E-state index in [1.807, 2.05) is 36.4 Å². The van der Waals surface area contributed by atoms with Crippen LogP contribution < -0.4 is 29.6 Å². The van der Waals surface area contributed by atoms with Gasteiger partial charge in [0.2, 0.25) is 15.6 Å². The van der Waals surface area contributed by atoms with Gasteiger partial charge in [0.15, 0.2) is 11.5 Å². The molecular weight excluding hydrogens is 565 g/mol. The third-order valence-corrected chi connectivity index (χ3v) is 14.8. The zero-order valence-electron chi connectivity index (χ0n) is 26.0. The van der Waals surface area contributed by atoms with Crippen molar-refractivity contribution in [2.24, 2.45) is 0 Å². The molecule has 226 valence electrons. The molecule has 9 heteroatoms. The number of hydrogen-bond donors (Lipinski definition) is 1. The molecule has 0 radical (unpaired) electrons. The van der Waals surface area contributed by atoms with Crippen LogP contribution in [0.2, 0.25) is 18.1 Å². The molecule has 0 saturated carbocycles. The number of ether oxygens (including phenoxy) is 3. The molecule has 3 aromatic carbocycles. The lowest BCUT2D eigenvalue weighted by atomic mass is 9.92. The van der Waals surface area contributed by atoms with Gasteiger partial charge in [-0.15, -0.1) is 0 Å². The predicted octanol–water partition coefficient (Wildman–Crippen LogP) is 6.94. The van der Waals surface area contributed by atoms with Gasteiger partial charge in [-0.3, -0.25) is 4.57 Å². The van der Waals surface area contributed by atoms with Crippen molar-refractivity contribution in [3.63, 3.8) is 0 Å². The normalized spacial score (nSPS) is 13.5. The summed E-state index contributed by atoms with van der Waals surface area (Å²) in [6.07, 6.45) is 1.63. The van der Waals surface area contributed by atoms with Crippen molar-refractivity contribution in [1.82, 2.24) is 5.09 Å². The van der Waals surface area contributed by atoms with E-state index >= 15 is 4.57 Å². The Hall–Kier alpha value is -3.32. The largest absolute Gasteiger partial charge is 0.543 e. The first-order valence-electron chi connectivity index (χ1n) is 14.1. The fourth-order valence-electron chi connectivity index (χ4n) is 4.23. The zero-order valence-corrected chi connectivity index (χ0v) is 27.9. The van der Waals surface area contributed by atoms with E-state index in [-0.39, 0.29) is 18.3 Å². The van der Waals surface area contributed by atoms with Crippen LogP contribution in [0, 0.1) is 0 Å². The number of hydrogen-bond acceptors (Lipinski definition) is 6. The molecule has 1 N–H and O–H groups in total. The summed E-state index contributed by atoms with van der Waals surface area (Å²) in [5.41, 5.74) is -1.20. The number of carbonyl (C=O) groups is 1. The standard InChI is InChI=1S/C33H44NO6PSi/c1-10-22-39-30-23-27(28(24-29(30)37-7)40-42(8,9)32(3,4)5)33(6,31(35)38-11-2)34-41(36,25-18-14-12-15-19-25)26-20-16-13-17-21-26/h10,12-21,23-24H,1,11,22H2,2-9H3,(H,34,36). The molecule has 7 nitrogen and oxygen atoms in total. The average molecular weight is 610 g/mol. The molecule has 0 heterocycles. The number of benzene rings is 3. The molecule has 1 unspecified atom stereocenters. The van der Waals surface area contributed by atoms with Crippen molar-refractivity contribution >= 4 is 32.2 Å². The van der Waals surface area contributed by atoms with Crippen molar-refractivity contribution < 1.29 is 28.0 Å². The summed E-state index contributed by atoms with van der Waals surface area (Å²) < 4.78 is 39.4. The van der Waals surface area contributed by atoms with Gasteiger partial charge in [0, 0.05) is 22.2 Å². The maximum absolute atomic E-state index is 15.2. The molecule has 0 fully saturated rings. The predicted molar refractivity (Wildman–Crippen MR) is 173 cm³/mol. The first-order chi connectivity index (χ1) is 19.7. The highest BCUT2D eigenvalue weighted by molar-refractivity contribution is 7.77. The molecular formula is C33H44NO6PSi. The molecule has 0 spiro atoms. The van der Waals surface area contributed by atoms with Crippen LogP contribution in [0.3, 0.4) is 0 Å². The number of rotatable bonds is 13. The number of methoxy groups -OCH3 is 1. The highest BCUT2D eigenvalue weighted by Gasteiger charge is 2.48. The molecule has 0 aliphatic rings. The lowest BCUT2D eigenvalue weighted by molar-refractivity contribution is -0.150. The third-order valence-electron chi connectivity index (χ3n) is 7.64. The quantitative estimate of drug-likeness (QED) is 0.0973. The van der Waals surface area contributed by atoms with E-state index in [2.05, 4.69) is 45.5 Å². The summed E-state index contributed by atoms with van der Waals surface area (Å²) >= 11 is 0. The Morgan fingerprint density at radius 3 is 1.93 bits per heavy atom. The second-order valence-electron chi connectivity index (χ2n) is 11.7. The Morgan fingerprint density at radius 2 is 1.48 bits per heavy atom. The smallest absolute Gasteiger partial charge is 0.331 e. The van der Waals surface area contributed by atoms with Gasteiger partial charge < -0.3 is 18.6 Å². The fraction of sp³-hybridized carbons (Fsp3) is 0.364. The molecule has 42 heavy (non-hydrogen) atoms.